The predicted octanol–water partition coefficient (Wildman–Crippen LogP) is -1.56. The number of carbonyl (C=O) groups excluding carboxylic acids is 3. The van der Waals surface area contributed by atoms with Crippen LogP contribution in [0.5, 0.6) is 0 Å². The average Bonchev–Trinajstić information content (AvgIpc) is 2.00. The summed E-state index contributed by atoms with van der Waals surface area (Å²) in [5, 5.41) is 1.99. The van der Waals surface area contributed by atoms with Gasteiger partial charge in [0.05, 0.1) is 6.04 Å². The van der Waals surface area contributed by atoms with Gasteiger partial charge in [-0.05, 0) is 0 Å². The molecule has 1 unspecified atom stereocenters. The van der Waals surface area contributed by atoms with E-state index in [1.165, 1.54) is 0 Å². The minimum Gasteiger partial charge on any atom is -0.346 e. The van der Waals surface area contributed by atoms with Gasteiger partial charge in [-0.1, -0.05) is 0 Å². The van der Waals surface area contributed by atoms with Crippen molar-refractivity contribution in [1.82, 2.24) is 5.32 Å². The molecule has 0 aromatic carbocycles. The molecule has 0 fully saturated rings. The molecule has 1 amide bonds. The minimum atomic E-state index is -4.42. The van der Waals surface area contributed by atoms with Crippen molar-refractivity contribution in [1.29, 1.82) is 0 Å². The Balaban J connectivity index is 4.09. The van der Waals surface area contributed by atoms with E-state index < -0.39 is 25.7 Å². The van der Waals surface area contributed by atoms with Gasteiger partial charge in [0.15, 0.2) is 0 Å². The van der Waals surface area contributed by atoms with E-state index >= 15 is 0 Å². The van der Waals surface area contributed by atoms with E-state index in [0.29, 0.717) is 12.6 Å². The maximum Gasteiger partial charge on any atom is 0.334 e. The summed E-state index contributed by atoms with van der Waals surface area (Å²) in [4.78, 5) is 47.8. The first-order valence-corrected chi connectivity index (χ1v) is 5.41. The third-order valence-electron chi connectivity index (χ3n) is 1.21. The normalized spacial score (nSPS) is 13.0. The molecular formula is C6H10NO6P. The highest BCUT2D eigenvalue weighted by Crippen LogP contribution is 2.33. The number of amides is 1. The van der Waals surface area contributed by atoms with Crippen LogP contribution in [0.15, 0.2) is 0 Å². The molecule has 0 saturated heterocycles. The highest BCUT2D eigenvalue weighted by molar-refractivity contribution is 7.52. The molecule has 0 heterocycles. The van der Waals surface area contributed by atoms with E-state index in [4.69, 9.17) is 9.79 Å². The third-order valence-corrected chi connectivity index (χ3v) is 1.91. The van der Waals surface area contributed by atoms with Gasteiger partial charge in [-0.25, -0.2) is 0 Å². The van der Waals surface area contributed by atoms with Crippen molar-refractivity contribution in [3.63, 3.8) is 0 Å². The first kappa shape index (κ1) is 13.0. The smallest absolute Gasteiger partial charge is 0.334 e. The van der Waals surface area contributed by atoms with Crippen molar-refractivity contribution >= 4 is 26.1 Å². The molecule has 80 valence electrons. The monoisotopic (exact) mass is 223 g/mol. The van der Waals surface area contributed by atoms with E-state index in [0.717, 1.165) is 0 Å². The lowest BCUT2D eigenvalue weighted by Gasteiger charge is -2.09. The number of rotatable bonds is 6. The van der Waals surface area contributed by atoms with Gasteiger partial charge in [0.25, 0.3) is 0 Å². The molecule has 0 aromatic rings. The molecule has 0 saturated carbocycles. The Labute approximate surface area is 79.6 Å². The molecule has 14 heavy (non-hydrogen) atoms. The summed E-state index contributed by atoms with van der Waals surface area (Å²) < 4.78 is 10.3. The molecule has 0 radical (unpaired) electrons. The van der Waals surface area contributed by atoms with E-state index in [9.17, 15) is 18.9 Å². The zero-order valence-electron chi connectivity index (χ0n) is 7.12. The fourth-order valence-corrected chi connectivity index (χ4v) is 1.16. The highest BCUT2D eigenvalue weighted by atomic mass is 31.2. The third kappa shape index (κ3) is 6.47. The van der Waals surface area contributed by atoms with E-state index in [1.807, 2.05) is 5.32 Å². The second-order valence-corrected chi connectivity index (χ2v) is 4.18. The van der Waals surface area contributed by atoms with Gasteiger partial charge in [-0.15, -0.1) is 0 Å². The van der Waals surface area contributed by atoms with Crippen LogP contribution in [-0.2, 0) is 18.9 Å². The van der Waals surface area contributed by atoms with Crippen LogP contribution in [0.1, 0.15) is 6.42 Å². The van der Waals surface area contributed by atoms with Gasteiger partial charge in [-0.3, -0.25) is 9.36 Å². The SMILES string of the molecule is O=CCC(C=O)NC(=O)CP(=O)(O)O. The largest absolute Gasteiger partial charge is 0.346 e. The van der Waals surface area contributed by atoms with Crippen molar-refractivity contribution < 1.29 is 28.7 Å². The summed E-state index contributed by atoms with van der Waals surface area (Å²) in [6.07, 6.45) is -0.449. The van der Waals surface area contributed by atoms with Crippen molar-refractivity contribution in [2.45, 2.75) is 12.5 Å². The topological polar surface area (TPSA) is 121 Å². The highest BCUT2D eigenvalue weighted by Gasteiger charge is 2.20. The maximum atomic E-state index is 10.8. The van der Waals surface area contributed by atoms with Gasteiger partial charge in [0, 0.05) is 6.42 Å². The zero-order valence-corrected chi connectivity index (χ0v) is 8.02. The molecule has 0 rings (SSSR count). The van der Waals surface area contributed by atoms with Crippen molar-refractivity contribution in [3.05, 3.63) is 0 Å². The zero-order chi connectivity index (χ0) is 11.2. The lowest BCUT2D eigenvalue weighted by molar-refractivity contribution is -0.122. The summed E-state index contributed by atoms with van der Waals surface area (Å²) in [6, 6.07) is -1.02. The first-order chi connectivity index (χ1) is 6.39. The molecule has 7 nitrogen and oxygen atoms in total. The Bertz CT molecular complexity index is 271. The van der Waals surface area contributed by atoms with Gasteiger partial charge < -0.3 is 24.7 Å². The lowest BCUT2D eigenvalue weighted by Crippen LogP contribution is -2.37. The molecule has 0 aromatic heterocycles. The number of nitrogens with one attached hydrogen (secondary N) is 1. The van der Waals surface area contributed by atoms with Crippen LogP contribution in [-0.4, -0.2) is 40.5 Å². The van der Waals surface area contributed by atoms with Crippen LogP contribution in [0.25, 0.3) is 0 Å². The minimum absolute atomic E-state index is 0.212. The van der Waals surface area contributed by atoms with E-state index in [2.05, 4.69) is 0 Å². The number of hydrogen-bond donors (Lipinski definition) is 3. The quantitative estimate of drug-likeness (QED) is 0.369. The molecule has 3 N–H and O–H groups in total. The summed E-state index contributed by atoms with van der Waals surface area (Å²) in [5.41, 5.74) is 0. The molecule has 0 aliphatic heterocycles. The van der Waals surface area contributed by atoms with E-state index in [1.54, 1.807) is 0 Å². The van der Waals surface area contributed by atoms with Gasteiger partial charge >= 0.3 is 7.60 Å². The Kier molecular flexibility index (Phi) is 5.22. The van der Waals surface area contributed by atoms with Crippen LogP contribution in [0, 0.1) is 0 Å². The van der Waals surface area contributed by atoms with Crippen molar-refractivity contribution in [2.75, 3.05) is 6.16 Å². The molecule has 1 atom stereocenters. The molecule has 0 aliphatic rings. The number of hydrogen-bond acceptors (Lipinski definition) is 4. The summed E-state index contributed by atoms with van der Waals surface area (Å²) >= 11 is 0. The van der Waals surface area contributed by atoms with E-state index in [-0.39, 0.29) is 6.42 Å². The van der Waals surface area contributed by atoms with Gasteiger partial charge in [-0.2, -0.15) is 0 Å². The average molecular weight is 223 g/mol. The Morgan fingerprint density at radius 1 is 1.43 bits per heavy atom. The first-order valence-electron chi connectivity index (χ1n) is 3.62. The summed E-state index contributed by atoms with van der Waals surface area (Å²) in [7, 11) is -4.42. The summed E-state index contributed by atoms with van der Waals surface area (Å²) in [5.74, 6) is -0.961. The van der Waals surface area contributed by atoms with Gasteiger partial charge in [0.2, 0.25) is 5.91 Å². The van der Waals surface area contributed by atoms with Crippen molar-refractivity contribution in [2.24, 2.45) is 0 Å². The Morgan fingerprint density at radius 3 is 2.36 bits per heavy atom. The second kappa shape index (κ2) is 5.64. The maximum absolute atomic E-state index is 10.8. The van der Waals surface area contributed by atoms with Crippen LogP contribution < -0.4 is 5.32 Å². The fourth-order valence-electron chi connectivity index (χ4n) is 0.692. The second-order valence-electron chi connectivity index (χ2n) is 2.54. The Hall–Kier alpha value is -1.04. The van der Waals surface area contributed by atoms with Crippen molar-refractivity contribution in [3.8, 4) is 0 Å². The molecule has 0 spiro atoms. The summed E-state index contributed by atoms with van der Waals surface area (Å²) in [6.45, 7) is 0. The van der Waals surface area contributed by atoms with Crippen LogP contribution in [0.4, 0.5) is 0 Å². The molecule has 0 aliphatic carbocycles. The lowest BCUT2D eigenvalue weighted by atomic mass is 10.2. The Morgan fingerprint density at radius 2 is 2.00 bits per heavy atom. The molecule has 8 heteroatoms. The number of carbonyl (C=O) groups is 3. The number of aldehydes is 2. The standard InChI is InChI=1S/C6H10NO6P/c8-2-1-5(3-9)7-6(10)4-14(11,12)13/h2-3,5H,1,4H2,(H,7,10)(H2,11,12,13). The van der Waals surface area contributed by atoms with Crippen LogP contribution in [0.2, 0.25) is 0 Å². The predicted molar refractivity (Wildman–Crippen MR) is 45.6 cm³/mol. The van der Waals surface area contributed by atoms with Crippen LogP contribution in [0.3, 0.4) is 0 Å². The fraction of sp³-hybridized carbons (Fsp3) is 0.500. The van der Waals surface area contributed by atoms with Gasteiger partial charge in [0.1, 0.15) is 18.7 Å². The molecule has 0 bridgehead atoms. The van der Waals surface area contributed by atoms with Crippen LogP contribution >= 0.6 is 7.60 Å². The molecular weight excluding hydrogens is 213 g/mol.